The van der Waals surface area contributed by atoms with Crippen LogP contribution in [0.2, 0.25) is 0 Å². The van der Waals surface area contributed by atoms with Crippen molar-refractivity contribution in [2.24, 2.45) is 0 Å². The van der Waals surface area contributed by atoms with Crippen LogP contribution in [0.1, 0.15) is 13.3 Å². The highest BCUT2D eigenvalue weighted by molar-refractivity contribution is 5.69. The van der Waals surface area contributed by atoms with E-state index in [1.54, 1.807) is 18.2 Å². The minimum Gasteiger partial charge on any atom is -0.481 e. The van der Waals surface area contributed by atoms with Crippen LogP contribution in [-0.4, -0.2) is 48.2 Å². The van der Waals surface area contributed by atoms with Crippen LogP contribution < -0.4 is 4.90 Å². The molecule has 1 N–H and O–H groups in total. The van der Waals surface area contributed by atoms with E-state index in [4.69, 9.17) is 5.11 Å². The topological polar surface area (TPSA) is 43.8 Å². The van der Waals surface area contributed by atoms with Gasteiger partial charge in [-0.05, 0) is 26.1 Å². The molecule has 5 heteroatoms. The van der Waals surface area contributed by atoms with Crippen LogP contribution in [0, 0.1) is 5.82 Å². The third-order valence-corrected chi connectivity index (χ3v) is 3.51. The largest absolute Gasteiger partial charge is 0.481 e. The van der Waals surface area contributed by atoms with Crippen molar-refractivity contribution < 1.29 is 14.3 Å². The summed E-state index contributed by atoms with van der Waals surface area (Å²) in [5, 5.41) is 9.03. The van der Waals surface area contributed by atoms with Crippen LogP contribution in [0.5, 0.6) is 0 Å². The zero-order chi connectivity index (χ0) is 14.0. The number of hydrogen-bond donors (Lipinski definition) is 1. The molecule has 0 saturated carbocycles. The number of aliphatic carboxylic acids is 1. The van der Waals surface area contributed by atoms with Gasteiger partial charge in [-0.3, -0.25) is 4.79 Å². The number of halogens is 1. The zero-order valence-corrected chi connectivity index (χ0v) is 11.2. The zero-order valence-electron chi connectivity index (χ0n) is 11.2. The molecule has 0 aliphatic carbocycles. The van der Waals surface area contributed by atoms with Gasteiger partial charge in [-0.15, -0.1) is 0 Å². The summed E-state index contributed by atoms with van der Waals surface area (Å²) in [5.41, 5.74) is 0.495. The van der Waals surface area contributed by atoms with E-state index < -0.39 is 5.97 Å². The number of anilines is 1. The molecule has 1 aliphatic rings. The van der Waals surface area contributed by atoms with E-state index in [0.717, 1.165) is 6.54 Å². The summed E-state index contributed by atoms with van der Waals surface area (Å²) in [6.45, 7) is 3.42. The van der Waals surface area contributed by atoms with E-state index in [-0.39, 0.29) is 24.3 Å². The van der Waals surface area contributed by atoms with Gasteiger partial charge >= 0.3 is 5.97 Å². The molecular formula is C14H19FN2O2. The molecule has 1 aromatic rings. The fraction of sp³-hybridized carbons (Fsp3) is 0.500. The van der Waals surface area contributed by atoms with Gasteiger partial charge in [0.25, 0.3) is 0 Å². The predicted molar refractivity (Wildman–Crippen MR) is 71.9 cm³/mol. The van der Waals surface area contributed by atoms with Crippen LogP contribution in [0.4, 0.5) is 10.1 Å². The van der Waals surface area contributed by atoms with Gasteiger partial charge in [0.05, 0.1) is 18.2 Å². The maximum atomic E-state index is 14.0. The van der Waals surface area contributed by atoms with Crippen molar-refractivity contribution in [3.63, 3.8) is 0 Å². The Labute approximate surface area is 112 Å². The first-order valence-corrected chi connectivity index (χ1v) is 6.42. The molecule has 2 unspecified atom stereocenters. The summed E-state index contributed by atoms with van der Waals surface area (Å²) < 4.78 is 14.0. The Bertz CT molecular complexity index is 467. The van der Waals surface area contributed by atoms with E-state index in [2.05, 4.69) is 4.90 Å². The SMILES string of the molecule is CC1CN(C)CC(CC(=O)O)N1c1ccccc1F. The van der Waals surface area contributed by atoms with Crippen LogP contribution in [0.15, 0.2) is 24.3 Å². The quantitative estimate of drug-likeness (QED) is 0.906. The number of carbonyl (C=O) groups is 1. The van der Waals surface area contributed by atoms with E-state index in [9.17, 15) is 9.18 Å². The number of piperazine rings is 1. The van der Waals surface area contributed by atoms with Gasteiger partial charge in [-0.1, -0.05) is 12.1 Å². The molecule has 0 amide bonds. The molecule has 0 bridgehead atoms. The second-order valence-electron chi connectivity index (χ2n) is 5.18. The Kier molecular flexibility index (Phi) is 4.04. The van der Waals surface area contributed by atoms with Gasteiger partial charge in [-0.2, -0.15) is 0 Å². The Morgan fingerprint density at radius 2 is 2.11 bits per heavy atom. The summed E-state index contributed by atoms with van der Waals surface area (Å²) >= 11 is 0. The van der Waals surface area contributed by atoms with Crippen molar-refractivity contribution in [1.29, 1.82) is 0 Å². The molecule has 2 rings (SSSR count). The van der Waals surface area contributed by atoms with E-state index in [0.29, 0.717) is 12.2 Å². The third kappa shape index (κ3) is 3.04. The molecule has 19 heavy (non-hydrogen) atoms. The standard InChI is InChI=1S/C14H19FN2O2/c1-10-8-16(2)9-11(7-14(18)19)17(10)13-6-4-3-5-12(13)15/h3-6,10-11H,7-9H2,1-2H3,(H,18,19). The lowest BCUT2D eigenvalue weighted by Crippen LogP contribution is -2.57. The molecule has 0 aromatic heterocycles. The number of carboxylic acids is 1. The number of para-hydroxylation sites is 1. The Hall–Kier alpha value is -1.62. The molecule has 1 fully saturated rings. The van der Waals surface area contributed by atoms with Gasteiger partial charge < -0.3 is 14.9 Å². The Balaban J connectivity index is 2.32. The highest BCUT2D eigenvalue weighted by atomic mass is 19.1. The smallest absolute Gasteiger partial charge is 0.305 e. The number of rotatable bonds is 3. The maximum absolute atomic E-state index is 14.0. The molecule has 1 aliphatic heterocycles. The number of likely N-dealkylation sites (N-methyl/N-ethyl adjacent to an activating group) is 1. The van der Waals surface area contributed by atoms with Crippen LogP contribution in [-0.2, 0) is 4.79 Å². The van der Waals surface area contributed by atoms with Crippen molar-refractivity contribution in [2.45, 2.75) is 25.4 Å². The first kappa shape index (κ1) is 13.8. The summed E-state index contributed by atoms with van der Waals surface area (Å²) in [6.07, 6.45) is 0.0169. The molecule has 1 heterocycles. The maximum Gasteiger partial charge on any atom is 0.305 e. The number of nitrogens with zero attached hydrogens (tertiary/aromatic N) is 2. The van der Waals surface area contributed by atoms with E-state index in [1.807, 2.05) is 18.9 Å². The van der Waals surface area contributed by atoms with E-state index in [1.165, 1.54) is 6.07 Å². The van der Waals surface area contributed by atoms with Crippen LogP contribution in [0.25, 0.3) is 0 Å². The summed E-state index contributed by atoms with van der Waals surface area (Å²) in [7, 11) is 1.96. The second-order valence-corrected chi connectivity index (χ2v) is 5.18. The predicted octanol–water partition coefficient (Wildman–Crippen LogP) is 1.81. The molecule has 0 spiro atoms. The highest BCUT2D eigenvalue weighted by Gasteiger charge is 2.33. The number of benzene rings is 1. The lowest BCUT2D eigenvalue weighted by molar-refractivity contribution is -0.137. The minimum absolute atomic E-state index is 0.0169. The highest BCUT2D eigenvalue weighted by Crippen LogP contribution is 2.28. The van der Waals surface area contributed by atoms with Crippen LogP contribution >= 0.6 is 0 Å². The van der Waals surface area contributed by atoms with Crippen molar-refractivity contribution in [1.82, 2.24) is 4.90 Å². The van der Waals surface area contributed by atoms with Gasteiger partial charge in [0, 0.05) is 19.1 Å². The average molecular weight is 266 g/mol. The van der Waals surface area contributed by atoms with Gasteiger partial charge in [0.1, 0.15) is 5.82 Å². The minimum atomic E-state index is -0.853. The normalized spacial score (nSPS) is 24.5. The summed E-state index contributed by atoms with van der Waals surface area (Å²) in [5.74, 6) is -1.15. The number of carboxylic acid groups (broad SMARTS) is 1. The monoisotopic (exact) mass is 266 g/mol. The average Bonchev–Trinajstić information content (AvgIpc) is 2.29. The first-order chi connectivity index (χ1) is 8.99. The lowest BCUT2D eigenvalue weighted by Gasteiger charge is -2.45. The first-order valence-electron chi connectivity index (χ1n) is 6.42. The molecule has 4 nitrogen and oxygen atoms in total. The molecular weight excluding hydrogens is 247 g/mol. The second kappa shape index (κ2) is 5.57. The molecule has 2 atom stereocenters. The van der Waals surface area contributed by atoms with Crippen molar-refractivity contribution in [3.8, 4) is 0 Å². The molecule has 0 radical (unpaired) electrons. The third-order valence-electron chi connectivity index (χ3n) is 3.51. The lowest BCUT2D eigenvalue weighted by atomic mass is 10.0. The molecule has 1 saturated heterocycles. The molecule has 104 valence electrons. The van der Waals surface area contributed by atoms with Crippen molar-refractivity contribution >= 4 is 11.7 Å². The summed E-state index contributed by atoms with van der Waals surface area (Å²) in [6, 6.07) is 6.43. The number of hydrogen-bond acceptors (Lipinski definition) is 3. The van der Waals surface area contributed by atoms with Crippen molar-refractivity contribution in [2.75, 3.05) is 25.0 Å². The van der Waals surface area contributed by atoms with Gasteiger partial charge in [0.2, 0.25) is 0 Å². The fourth-order valence-electron chi connectivity index (χ4n) is 2.88. The van der Waals surface area contributed by atoms with Gasteiger partial charge in [-0.25, -0.2) is 4.39 Å². The molecule has 1 aromatic carbocycles. The Morgan fingerprint density at radius 1 is 1.42 bits per heavy atom. The van der Waals surface area contributed by atoms with Gasteiger partial charge in [0.15, 0.2) is 0 Å². The van der Waals surface area contributed by atoms with Crippen molar-refractivity contribution in [3.05, 3.63) is 30.1 Å². The van der Waals surface area contributed by atoms with E-state index >= 15 is 0 Å². The Morgan fingerprint density at radius 3 is 2.74 bits per heavy atom. The van der Waals surface area contributed by atoms with Crippen LogP contribution in [0.3, 0.4) is 0 Å². The summed E-state index contributed by atoms with van der Waals surface area (Å²) in [4.78, 5) is 15.0. The fourth-order valence-corrected chi connectivity index (χ4v) is 2.88.